The fourth-order valence-electron chi connectivity index (χ4n) is 2.02. The zero-order valence-corrected chi connectivity index (χ0v) is 15.9. The van der Waals surface area contributed by atoms with Crippen LogP contribution in [-0.2, 0) is 24.6 Å². The van der Waals surface area contributed by atoms with Gasteiger partial charge in [-0.2, -0.15) is 13.2 Å². The van der Waals surface area contributed by atoms with Crippen LogP contribution in [0.25, 0.3) is 0 Å². The number of nitrogens with one attached hydrogen (secondary N) is 1. The minimum Gasteiger partial charge on any atom is -0.486 e. The van der Waals surface area contributed by atoms with Gasteiger partial charge >= 0.3 is 6.18 Å². The van der Waals surface area contributed by atoms with Crippen molar-refractivity contribution in [1.29, 1.82) is 0 Å². The van der Waals surface area contributed by atoms with E-state index in [4.69, 9.17) is 4.74 Å². The van der Waals surface area contributed by atoms with Crippen molar-refractivity contribution in [3.05, 3.63) is 41.2 Å². The molecular formula is C15H13F3N6O2S2. The number of anilines is 1. The Morgan fingerprint density at radius 3 is 2.86 bits per heavy atom. The fraction of sp³-hybridized carbons (Fsp3) is 0.267. The van der Waals surface area contributed by atoms with Crippen molar-refractivity contribution < 1.29 is 22.7 Å². The molecule has 0 aliphatic carbocycles. The first kappa shape index (κ1) is 20.1. The Labute approximate surface area is 165 Å². The molecule has 2 aromatic heterocycles. The molecule has 8 nitrogen and oxygen atoms in total. The van der Waals surface area contributed by atoms with Crippen LogP contribution in [0.15, 0.2) is 34.9 Å². The number of hydrogen-bond acceptors (Lipinski definition) is 8. The topological polar surface area (TPSA) is 94.8 Å². The van der Waals surface area contributed by atoms with Crippen molar-refractivity contribution in [3.8, 4) is 5.75 Å². The summed E-state index contributed by atoms with van der Waals surface area (Å²) in [6, 6.07) is 4.59. The summed E-state index contributed by atoms with van der Waals surface area (Å²) < 4.78 is 45.2. The maximum absolute atomic E-state index is 12.7. The van der Waals surface area contributed by atoms with Gasteiger partial charge in [0.1, 0.15) is 17.9 Å². The van der Waals surface area contributed by atoms with Gasteiger partial charge in [0.2, 0.25) is 11.0 Å². The normalized spacial score (nSPS) is 11.4. The van der Waals surface area contributed by atoms with E-state index in [1.54, 1.807) is 11.6 Å². The zero-order chi connectivity index (χ0) is 20.1. The first-order chi connectivity index (χ1) is 13.3. The summed E-state index contributed by atoms with van der Waals surface area (Å²) in [5, 5.41) is 18.7. The van der Waals surface area contributed by atoms with Crippen LogP contribution in [0.4, 0.5) is 18.3 Å². The van der Waals surface area contributed by atoms with Crippen LogP contribution in [0.2, 0.25) is 0 Å². The minimum atomic E-state index is -4.44. The molecule has 2 heterocycles. The SMILES string of the molecule is Cn1c(COc2cccc(C(F)(F)F)c2)nnc1SCC(=O)Nc1nncs1. The Morgan fingerprint density at radius 1 is 1.32 bits per heavy atom. The molecule has 0 saturated carbocycles. The lowest BCUT2D eigenvalue weighted by Crippen LogP contribution is -2.14. The first-order valence-electron chi connectivity index (χ1n) is 7.70. The number of nitrogens with zero attached hydrogens (tertiary/aromatic N) is 5. The van der Waals surface area contributed by atoms with Gasteiger partial charge in [0.25, 0.3) is 0 Å². The van der Waals surface area contributed by atoms with Crippen LogP contribution < -0.4 is 10.1 Å². The first-order valence-corrected chi connectivity index (χ1v) is 9.56. The summed E-state index contributed by atoms with van der Waals surface area (Å²) in [7, 11) is 1.68. The lowest BCUT2D eigenvalue weighted by atomic mass is 10.2. The van der Waals surface area contributed by atoms with E-state index in [9.17, 15) is 18.0 Å². The lowest BCUT2D eigenvalue weighted by molar-refractivity contribution is -0.137. The van der Waals surface area contributed by atoms with E-state index in [2.05, 4.69) is 25.7 Å². The van der Waals surface area contributed by atoms with Crippen molar-refractivity contribution in [2.75, 3.05) is 11.1 Å². The molecule has 3 aromatic rings. The van der Waals surface area contributed by atoms with Gasteiger partial charge in [-0.25, -0.2) is 0 Å². The molecule has 148 valence electrons. The third kappa shape index (κ3) is 5.19. The van der Waals surface area contributed by atoms with Crippen LogP contribution in [0.5, 0.6) is 5.75 Å². The highest BCUT2D eigenvalue weighted by molar-refractivity contribution is 7.99. The van der Waals surface area contributed by atoms with Crippen molar-refractivity contribution in [3.63, 3.8) is 0 Å². The molecule has 0 aliphatic heterocycles. The molecule has 0 bridgehead atoms. The predicted molar refractivity (Wildman–Crippen MR) is 96.0 cm³/mol. The number of rotatable bonds is 7. The molecule has 0 aliphatic rings. The van der Waals surface area contributed by atoms with E-state index >= 15 is 0 Å². The lowest BCUT2D eigenvalue weighted by Gasteiger charge is -2.10. The second kappa shape index (κ2) is 8.56. The van der Waals surface area contributed by atoms with Crippen LogP contribution >= 0.6 is 23.1 Å². The van der Waals surface area contributed by atoms with Gasteiger partial charge in [0.15, 0.2) is 11.0 Å². The second-order valence-electron chi connectivity index (χ2n) is 5.35. The Balaban J connectivity index is 1.55. The summed E-state index contributed by atoms with van der Waals surface area (Å²) in [5.41, 5.74) is 0.711. The number of ether oxygens (including phenoxy) is 1. The Hall–Kier alpha value is -2.67. The molecule has 1 N–H and O–H groups in total. The molecular weight excluding hydrogens is 417 g/mol. The Morgan fingerprint density at radius 2 is 2.14 bits per heavy atom. The average Bonchev–Trinajstić information content (AvgIpc) is 3.28. The molecule has 28 heavy (non-hydrogen) atoms. The summed E-state index contributed by atoms with van der Waals surface area (Å²) >= 11 is 2.36. The molecule has 0 radical (unpaired) electrons. The number of carbonyl (C=O) groups is 1. The molecule has 1 aromatic carbocycles. The molecule has 13 heteroatoms. The average molecular weight is 430 g/mol. The van der Waals surface area contributed by atoms with E-state index in [1.807, 2.05) is 0 Å². The number of alkyl halides is 3. The van der Waals surface area contributed by atoms with Gasteiger partial charge in [-0.3, -0.25) is 10.1 Å². The monoisotopic (exact) mass is 430 g/mol. The summed E-state index contributed by atoms with van der Waals surface area (Å²) in [5.74, 6) is 0.291. The molecule has 0 atom stereocenters. The van der Waals surface area contributed by atoms with Gasteiger partial charge in [-0.05, 0) is 18.2 Å². The number of hydrogen-bond donors (Lipinski definition) is 1. The Bertz CT molecular complexity index is 946. The maximum Gasteiger partial charge on any atom is 0.416 e. The third-order valence-corrected chi connectivity index (χ3v) is 5.02. The number of benzene rings is 1. The smallest absolute Gasteiger partial charge is 0.416 e. The number of aromatic nitrogens is 5. The highest BCUT2D eigenvalue weighted by Crippen LogP contribution is 2.31. The largest absolute Gasteiger partial charge is 0.486 e. The van der Waals surface area contributed by atoms with E-state index in [0.29, 0.717) is 16.1 Å². The summed E-state index contributed by atoms with van der Waals surface area (Å²) in [6.07, 6.45) is -4.44. The molecule has 1 amide bonds. The van der Waals surface area contributed by atoms with E-state index in [-0.39, 0.29) is 24.0 Å². The van der Waals surface area contributed by atoms with Crippen molar-refractivity contribution in [2.45, 2.75) is 17.9 Å². The van der Waals surface area contributed by atoms with E-state index < -0.39 is 11.7 Å². The number of carbonyl (C=O) groups excluding carboxylic acids is 1. The molecule has 3 rings (SSSR count). The highest BCUT2D eigenvalue weighted by Gasteiger charge is 2.30. The summed E-state index contributed by atoms with van der Waals surface area (Å²) in [6.45, 7) is -0.0671. The van der Waals surface area contributed by atoms with Crippen LogP contribution in [0, 0.1) is 0 Å². The molecule has 0 spiro atoms. The predicted octanol–water partition coefficient (Wildman–Crippen LogP) is 3.00. The maximum atomic E-state index is 12.7. The van der Waals surface area contributed by atoms with E-state index in [0.717, 1.165) is 23.9 Å². The van der Waals surface area contributed by atoms with Gasteiger partial charge in [-0.15, -0.1) is 20.4 Å². The fourth-order valence-corrected chi connectivity index (χ4v) is 3.21. The third-order valence-electron chi connectivity index (χ3n) is 3.39. The summed E-state index contributed by atoms with van der Waals surface area (Å²) in [4.78, 5) is 11.9. The van der Waals surface area contributed by atoms with Crippen molar-refractivity contribution in [2.24, 2.45) is 7.05 Å². The van der Waals surface area contributed by atoms with Gasteiger partial charge in [-0.1, -0.05) is 29.2 Å². The van der Waals surface area contributed by atoms with Crippen molar-refractivity contribution in [1.82, 2.24) is 25.0 Å². The number of amides is 1. The van der Waals surface area contributed by atoms with Crippen LogP contribution in [0.3, 0.4) is 0 Å². The molecule has 0 saturated heterocycles. The number of halogens is 3. The second-order valence-corrected chi connectivity index (χ2v) is 7.13. The van der Waals surface area contributed by atoms with Gasteiger partial charge in [0, 0.05) is 7.05 Å². The standard InChI is InChI=1S/C15H13F3N6O2S2/c1-24-11(6-26-10-4-2-3-9(5-10)15(16,17)18)21-23-14(24)27-7-12(25)20-13-22-19-8-28-13/h2-5,8H,6-7H2,1H3,(H,20,22,25). The van der Waals surface area contributed by atoms with Gasteiger partial charge < -0.3 is 9.30 Å². The number of thioether (sulfide) groups is 1. The molecule has 0 fully saturated rings. The minimum absolute atomic E-state index is 0.0671. The quantitative estimate of drug-likeness (QED) is 0.576. The van der Waals surface area contributed by atoms with Crippen LogP contribution in [0.1, 0.15) is 11.4 Å². The zero-order valence-electron chi connectivity index (χ0n) is 14.3. The highest BCUT2D eigenvalue weighted by atomic mass is 32.2. The molecule has 0 unspecified atom stereocenters. The van der Waals surface area contributed by atoms with Crippen molar-refractivity contribution >= 4 is 34.1 Å². The Kier molecular flexibility index (Phi) is 6.14. The van der Waals surface area contributed by atoms with E-state index in [1.165, 1.54) is 29.0 Å². The van der Waals surface area contributed by atoms with Gasteiger partial charge in [0.05, 0.1) is 11.3 Å². The van der Waals surface area contributed by atoms with Crippen LogP contribution in [-0.4, -0.2) is 36.6 Å².